The first-order chi connectivity index (χ1) is 4.75. The molecule has 2 nitrogen and oxygen atoms in total. The van der Waals surface area contributed by atoms with E-state index in [2.05, 4.69) is 18.7 Å². The van der Waals surface area contributed by atoms with Gasteiger partial charge in [0.25, 0.3) is 0 Å². The molecule has 0 bridgehead atoms. The Bertz CT molecular complexity index is 105. The summed E-state index contributed by atoms with van der Waals surface area (Å²) < 4.78 is 0. The molecular formula is C8H17NO. The molecule has 0 amide bonds. The maximum atomic E-state index is 8.87. The molecule has 1 unspecified atom stereocenters. The lowest BCUT2D eigenvalue weighted by Gasteiger charge is -2.26. The Morgan fingerprint density at radius 1 is 1.70 bits per heavy atom. The van der Waals surface area contributed by atoms with E-state index in [9.17, 15) is 0 Å². The lowest BCUT2D eigenvalue weighted by atomic mass is 10.2. The molecule has 1 N–H and O–H groups in total. The first-order valence-corrected chi connectivity index (χ1v) is 4.12. The number of rotatable bonds is 2. The summed E-state index contributed by atoms with van der Waals surface area (Å²) in [5.41, 5.74) is 0. The van der Waals surface area contributed by atoms with Crippen LogP contribution in [0.2, 0.25) is 0 Å². The number of likely N-dealkylation sites (tertiary alicyclic amines) is 1. The fourth-order valence-electron chi connectivity index (χ4n) is 1.72. The van der Waals surface area contributed by atoms with Crippen LogP contribution in [-0.4, -0.2) is 35.2 Å². The van der Waals surface area contributed by atoms with Gasteiger partial charge in [-0.3, -0.25) is 4.90 Å². The summed E-state index contributed by atoms with van der Waals surface area (Å²) in [6, 6.07) is 1.04. The van der Waals surface area contributed by atoms with E-state index < -0.39 is 0 Å². The fourth-order valence-corrected chi connectivity index (χ4v) is 1.72. The zero-order chi connectivity index (χ0) is 7.56. The quantitative estimate of drug-likeness (QED) is 0.619. The molecule has 0 saturated carbocycles. The lowest BCUT2D eigenvalue weighted by Crippen LogP contribution is -2.37. The van der Waals surface area contributed by atoms with Gasteiger partial charge in [-0.15, -0.1) is 0 Å². The predicted octanol–water partition coefficient (Wildman–Crippen LogP) is 0.851. The van der Waals surface area contributed by atoms with Gasteiger partial charge < -0.3 is 5.11 Å². The molecule has 0 aromatic rings. The van der Waals surface area contributed by atoms with Crippen LogP contribution in [0, 0.1) is 0 Å². The average molecular weight is 143 g/mol. The summed E-state index contributed by atoms with van der Waals surface area (Å²) in [5.74, 6) is 0. The van der Waals surface area contributed by atoms with Crippen molar-refractivity contribution in [2.24, 2.45) is 0 Å². The van der Waals surface area contributed by atoms with Gasteiger partial charge in [-0.05, 0) is 33.2 Å². The number of aliphatic hydroxyl groups is 1. The number of nitrogens with zero attached hydrogens (tertiary/aromatic N) is 1. The van der Waals surface area contributed by atoms with Crippen LogP contribution in [0.5, 0.6) is 0 Å². The number of hydrogen-bond acceptors (Lipinski definition) is 2. The molecule has 10 heavy (non-hydrogen) atoms. The van der Waals surface area contributed by atoms with Crippen LogP contribution in [-0.2, 0) is 0 Å². The molecule has 0 spiro atoms. The first kappa shape index (κ1) is 8.02. The SMILES string of the molecule is CC1CCCN1[C@@H](C)CO. The second-order valence-corrected chi connectivity index (χ2v) is 3.26. The van der Waals surface area contributed by atoms with Crippen LogP contribution in [0.3, 0.4) is 0 Å². The smallest absolute Gasteiger partial charge is 0.0584 e. The molecule has 0 aromatic carbocycles. The molecule has 0 radical (unpaired) electrons. The molecule has 1 aliphatic rings. The van der Waals surface area contributed by atoms with Crippen LogP contribution in [0.4, 0.5) is 0 Å². The summed E-state index contributed by atoms with van der Waals surface area (Å²) in [4.78, 5) is 2.38. The van der Waals surface area contributed by atoms with Crippen molar-refractivity contribution in [1.82, 2.24) is 4.90 Å². The van der Waals surface area contributed by atoms with E-state index in [4.69, 9.17) is 5.11 Å². The summed E-state index contributed by atoms with van der Waals surface area (Å²) in [7, 11) is 0. The third-order valence-electron chi connectivity index (χ3n) is 2.43. The molecule has 1 aliphatic heterocycles. The fraction of sp³-hybridized carbons (Fsp3) is 1.00. The zero-order valence-electron chi connectivity index (χ0n) is 6.88. The molecule has 1 fully saturated rings. The van der Waals surface area contributed by atoms with Gasteiger partial charge in [0.15, 0.2) is 0 Å². The predicted molar refractivity (Wildman–Crippen MR) is 41.9 cm³/mol. The highest BCUT2D eigenvalue weighted by Gasteiger charge is 2.23. The monoisotopic (exact) mass is 143 g/mol. The van der Waals surface area contributed by atoms with Gasteiger partial charge in [0, 0.05) is 12.1 Å². The number of hydrogen-bond donors (Lipinski definition) is 1. The summed E-state index contributed by atoms with van der Waals surface area (Å²) >= 11 is 0. The largest absolute Gasteiger partial charge is 0.395 e. The van der Waals surface area contributed by atoms with E-state index >= 15 is 0 Å². The Kier molecular flexibility index (Phi) is 2.69. The highest BCUT2D eigenvalue weighted by atomic mass is 16.3. The first-order valence-electron chi connectivity index (χ1n) is 4.12. The summed E-state index contributed by atoms with van der Waals surface area (Å²) in [5, 5.41) is 8.87. The van der Waals surface area contributed by atoms with E-state index in [0.29, 0.717) is 18.7 Å². The van der Waals surface area contributed by atoms with Gasteiger partial charge in [-0.1, -0.05) is 0 Å². The van der Waals surface area contributed by atoms with Gasteiger partial charge in [0.2, 0.25) is 0 Å². The van der Waals surface area contributed by atoms with Gasteiger partial charge in [-0.25, -0.2) is 0 Å². The molecule has 1 rings (SSSR count). The molecule has 2 heteroatoms. The molecular weight excluding hydrogens is 126 g/mol. The van der Waals surface area contributed by atoms with Crippen LogP contribution in [0.1, 0.15) is 26.7 Å². The zero-order valence-corrected chi connectivity index (χ0v) is 6.88. The third kappa shape index (κ3) is 1.50. The lowest BCUT2D eigenvalue weighted by molar-refractivity contribution is 0.130. The maximum Gasteiger partial charge on any atom is 0.0584 e. The number of aliphatic hydroxyl groups excluding tert-OH is 1. The highest BCUT2D eigenvalue weighted by Crippen LogP contribution is 2.18. The van der Waals surface area contributed by atoms with Gasteiger partial charge in [0.05, 0.1) is 6.61 Å². The second-order valence-electron chi connectivity index (χ2n) is 3.26. The Labute approximate surface area is 62.8 Å². The normalized spacial score (nSPS) is 30.9. The molecule has 1 saturated heterocycles. The summed E-state index contributed by atoms with van der Waals surface area (Å²) in [6.07, 6.45) is 2.59. The van der Waals surface area contributed by atoms with Crippen molar-refractivity contribution in [2.45, 2.75) is 38.8 Å². The second kappa shape index (κ2) is 3.35. The Morgan fingerprint density at radius 2 is 2.40 bits per heavy atom. The van der Waals surface area contributed by atoms with Crippen molar-refractivity contribution in [2.75, 3.05) is 13.2 Å². The minimum Gasteiger partial charge on any atom is -0.395 e. The Morgan fingerprint density at radius 3 is 2.80 bits per heavy atom. The van der Waals surface area contributed by atoms with Crippen LogP contribution in [0.15, 0.2) is 0 Å². The Balaban J connectivity index is 2.38. The third-order valence-corrected chi connectivity index (χ3v) is 2.43. The van der Waals surface area contributed by atoms with Crippen molar-refractivity contribution in [3.8, 4) is 0 Å². The standard InChI is InChI=1S/C8H17NO/c1-7-4-3-5-9(7)8(2)6-10/h7-8,10H,3-6H2,1-2H3/t7?,8-/m0/s1. The van der Waals surface area contributed by atoms with Crippen molar-refractivity contribution < 1.29 is 5.11 Å². The van der Waals surface area contributed by atoms with E-state index in [1.807, 2.05) is 0 Å². The van der Waals surface area contributed by atoms with Crippen molar-refractivity contribution in [3.63, 3.8) is 0 Å². The molecule has 60 valence electrons. The molecule has 0 aliphatic carbocycles. The summed E-state index contributed by atoms with van der Waals surface area (Å²) in [6.45, 7) is 5.79. The maximum absolute atomic E-state index is 8.87. The topological polar surface area (TPSA) is 23.5 Å². The van der Waals surface area contributed by atoms with Crippen LogP contribution < -0.4 is 0 Å². The minimum absolute atomic E-state index is 0.296. The van der Waals surface area contributed by atoms with Gasteiger partial charge in [-0.2, -0.15) is 0 Å². The van der Waals surface area contributed by atoms with Crippen molar-refractivity contribution in [3.05, 3.63) is 0 Å². The van der Waals surface area contributed by atoms with Crippen LogP contribution in [0.25, 0.3) is 0 Å². The minimum atomic E-state index is 0.296. The van der Waals surface area contributed by atoms with E-state index in [1.165, 1.54) is 19.4 Å². The Hall–Kier alpha value is -0.0800. The van der Waals surface area contributed by atoms with E-state index in [1.54, 1.807) is 0 Å². The molecule has 0 aromatic heterocycles. The molecule has 2 atom stereocenters. The van der Waals surface area contributed by atoms with E-state index in [-0.39, 0.29) is 0 Å². The van der Waals surface area contributed by atoms with Gasteiger partial charge in [0.1, 0.15) is 0 Å². The highest BCUT2D eigenvalue weighted by molar-refractivity contribution is 4.79. The van der Waals surface area contributed by atoms with Crippen LogP contribution >= 0.6 is 0 Å². The van der Waals surface area contributed by atoms with E-state index in [0.717, 1.165) is 0 Å². The molecule has 1 heterocycles. The van der Waals surface area contributed by atoms with Gasteiger partial charge >= 0.3 is 0 Å². The van der Waals surface area contributed by atoms with Crippen molar-refractivity contribution >= 4 is 0 Å². The average Bonchev–Trinajstić information content (AvgIpc) is 2.34. The van der Waals surface area contributed by atoms with Crippen molar-refractivity contribution in [1.29, 1.82) is 0 Å².